The molecule has 4 aromatic heterocycles. The molecule has 6 rings (SSSR count). The number of aromatic nitrogens is 3. The molecule has 0 unspecified atom stereocenters. The molecular weight excluding hydrogens is 384 g/mol. The zero-order valence-electron chi connectivity index (χ0n) is 16.0. The van der Waals surface area contributed by atoms with Crippen LogP contribution in [-0.2, 0) is 11.3 Å². The Labute approximate surface area is 170 Å². The molecule has 1 N–H and O–H groups in total. The maximum Gasteiger partial charge on any atom is 0.165 e. The summed E-state index contributed by atoms with van der Waals surface area (Å²) < 4.78 is 13.5. The molecular formula is C22H18N4O2S. The lowest BCUT2D eigenvalue weighted by atomic mass is 10.1. The molecule has 0 saturated carbocycles. The van der Waals surface area contributed by atoms with Gasteiger partial charge in [-0.2, -0.15) is 0 Å². The third-order valence-corrected chi connectivity index (χ3v) is 6.40. The van der Waals surface area contributed by atoms with Crippen molar-refractivity contribution in [3.05, 3.63) is 65.7 Å². The van der Waals surface area contributed by atoms with E-state index in [1.807, 2.05) is 37.3 Å². The smallest absolute Gasteiger partial charge is 0.165 e. The van der Waals surface area contributed by atoms with Gasteiger partial charge in [-0.1, -0.05) is 12.1 Å². The Morgan fingerprint density at radius 2 is 2.10 bits per heavy atom. The quantitative estimate of drug-likeness (QED) is 0.442. The first kappa shape index (κ1) is 16.8. The van der Waals surface area contributed by atoms with Crippen LogP contribution in [0.3, 0.4) is 0 Å². The number of para-hydroxylation sites is 2. The van der Waals surface area contributed by atoms with Gasteiger partial charge in [0.1, 0.15) is 10.6 Å². The third kappa shape index (κ3) is 2.38. The second kappa shape index (κ2) is 6.17. The number of pyridine rings is 1. The molecule has 0 amide bonds. The highest BCUT2D eigenvalue weighted by molar-refractivity contribution is 7.22. The number of fused-ring (bicyclic) bond motifs is 7. The second-order valence-corrected chi connectivity index (χ2v) is 8.20. The van der Waals surface area contributed by atoms with Crippen molar-refractivity contribution in [1.29, 1.82) is 0 Å². The molecule has 0 radical (unpaired) electrons. The van der Waals surface area contributed by atoms with E-state index in [-0.39, 0.29) is 6.17 Å². The minimum Gasteiger partial charge on any atom is -0.465 e. The van der Waals surface area contributed by atoms with E-state index >= 15 is 0 Å². The summed E-state index contributed by atoms with van der Waals surface area (Å²) in [6, 6.07) is 14.2. The fourth-order valence-electron chi connectivity index (χ4n) is 4.19. The number of thiophene rings is 1. The van der Waals surface area contributed by atoms with Crippen LogP contribution >= 0.6 is 11.3 Å². The molecule has 0 saturated heterocycles. The Bertz CT molecular complexity index is 1370. The van der Waals surface area contributed by atoms with Gasteiger partial charge in [0.05, 0.1) is 34.5 Å². The van der Waals surface area contributed by atoms with E-state index in [9.17, 15) is 0 Å². The van der Waals surface area contributed by atoms with Crippen molar-refractivity contribution in [3.8, 4) is 10.7 Å². The van der Waals surface area contributed by atoms with E-state index in [0.29, 0.717) is 6.61 Å². The predicted octanol–water partition coefficient (Wildman–Crippen LogP) is 5.33. The molecule has 29 heavy (non-hydrogen) atoms. The van der Waals surface area contributed by atoms with Gasteiger partial charge >= 0.3 is 0 Å². The van der Waals surface area contributed by atoms with Crippen molar-refractivity contribution in [2.75, 3.05) is 12.4 Å². The first-order chi connectivity index (χ1) is 14.2. The first-order valence-corrected chi connectivity index (χ1v) is 10.3. The fraction of sp³-hybridized carbons (Fsp3) is 0.182. The number of nitrogens with zero attached hydrogens (tertiary/aromatic N) is 3. The van der Waals surface area contributed by atoms with Gasteiger partial charge in [0.2, 0.25) is 0 Å². The first-order valence-electron chi connectivity index (χ1n) is 9.44. The largest absolute Gasteiger partial charge is 0.465 e. The lowest BCUT2D eigenvalue weighted by molar-refractivity contribution is 0.186. The molecule has 1 aliphatic rings. The Morgan fingerprint density at radius 3 is 2.93 bits per heavy atom. The molecule has 5 aromatic rings. The zero-order valence-corrected chi connectivity index (χ0v) is 16.8. The van der Waals surface area contributed by atoms with E-state index < -0.39 is 0 Å². The molecule has 6 nitrogen and oxygen atoms in total. The molecule has 1 aromatic carbocycles. The van der Waals surface area contributed by atoms with Crippen molar-refractivity contribution in [1.82, 2.24) is 14.5 Å². The van der Waals surface area contributed by atoms with Crippen LogP contribution in [0, 0.1) is 6.92 Å². The number of hydrogen-bond acceptors (Lipinski definition) is 6. The molecule has 1 atom stereocenters. The number of imidazole rings is 1. The maximum atomic E-state index is 5.80. The number of ether oxygens (including phenoxy) is 1. The second-order valence-electron chi connectivity index (χ2n) is 7.20. The van der Waals surface area contributed by atoms with Crippen molar-refractivity contribution in [3.63, 3.8) is 0 Å². The van der Waals surface area contributed by atoms with E-state index in [1.165, 1.54) is 0 Å². The Morgan fingerprint density at radius 1 is 1.21 bits per heavy atom. The minimum absolute atomic E-state index is 0.186. The zero-order chi connectivity index (χ0) is 19.5. The van der Waals surface area contributed by atoms with Gasteiger partial charge in [0, 0.05) is 18.2 Å². The number of furan rings is 1. The van der Waals surface area contributed by atoms with Crippen LogP contribution in [0.4, 0.5) is 5.69 Å². The van der Waals surface area contributed by atoms with Gasteiger partial charge in [-0.05, 0) is 42.8 Å². The summed E-state index contributed by atoms with van der Waals surface area (Å²) in [5.74, 6) is 1.78. The standard InChI is InChI=1S/C22H18N4O2S/c1-12-10-13(11-27-2)17-18-19(29-22(17)23-12)21-24-14-6-3-4-7-15(14)26(21)20(25-18)16-8-5-9-28-16/h3-10,20,25H,11H2,1-2H3/t20-/m0/s1. The number of methoxy groups -OCH3 is 1. The Balaban J connectivity index is 1.70. The summed E-state index contributed by atoms with van der Waals surface area (Å²) in [4.78, 5) is 11.9. The molecule has 7 heteroatoms. The highest BCUT2D eigenvalue weighted by atomic mass is 32.1. The number of anilines is 1. The average molecular weight is 402 g/mol. The monoisotopic (exact) mass is 402 g/mol. The van der Waals surface area contributed by atoms with Crippen LogP contribution in [-0.4, -0.2) is 21.6 Å². The summed E-state index contributed by atoms with van der Waals surface area (Å²) in [5, 5.41) is 4.82. The van der Waals surface area contributed by atoms with E-state index in [0.717, 1.165) is 54.7 Å². The van der Waals surface area contributed by atoms with E-state index in [2.05, 4.69) is 22.0 Å². The molecule has 0 fully saturated rings. The lowest BCUT2D eigenvalue weighted by Crippen LogP contribution is -2.23. The summed E-state index contributed by atoms with van der Waals surface area (Å²) in [6.07, 6.45) is 1.52. The van der Waals surface area contributed by atoms with Crippen molar-refractivity contribution < 1.29 is 9.15 Å². The highest BCUT2D eigenvalue weighted by Gasteiger charge is 2.33. The third-order valence-electron chi connectivity index (χ3n) is 5.32. The van der Waals surface area contributed by atoms with Crippen LogP contribution in [0.2, 0.25) is 0 Å². The summed E-state index contributed by atoms with van der Waals surface area (Å²) in [7, 11) is 1.72. The van der Waals surface area contributed by atoms with Gasteiger partial charge in [0.25, 0.3) is 0 Å². The summed E-state index contributed by atoms with van der Waals surface area (Å²) in [6.45, 7) is 2.55. The van der Waals surface area contributed by atoms with Crippen molar-refractivity contribution in [2.45, 2.75) is 19.7 Å². The number of rotatable bonds is 3. The van der Waals surface area contributed by atoms with Crippen LogP contribution in [0.5, 0.6) is 0 Å². The van der Waals surface area contributed by atoms with Crippen LogP contribution in [0.15, 0.2) is 53.1 Å². The van der Waals surface area contributed by atoms with Gasteiger partial charge < -0.3 is 14.5 Å². The molecule has 0 aliphatic carbocycles. The van der Waals surface area contributed by atoms with Gasteiger partial charge in [-0.25, -0.2) is 9.97 Å². The van der Waals surface area contributed by atoms with Crippen molar-refractivity contribution in [2.24, 2.45) is 0 Å². The summed E-state index contributed by atoms with van der Waals surface area (Å²) in [5.41, 5.74) is 5.20. The number of aryl methyl sites for hydroxylation is 1. The van der Waals surface area contributed by atoms with E-state index in [1.54, 1.807) is 24.7 Å². The SMILES string of the molecule is COCc1cc(C)nc2sc3c(c12)N[C@H](c1ccco1)n1c-3nc2ccccc21. The van der Waals surface area contributed by atoms with Crippen LogP contribution in [0.1, 0.15) is 23.2 Å². The maximum absolute atomic E-state index is 5.80. The van der Waals surface area contributed by atoms with Crippen LogP contribution < -0.4 is 5.32 Å². The molecule has 144 valence electrons. The van der Waals surface area contributed by atoms with Crippen LogP contribution in [0.25, 0.3) is 32.0 Å². The van der Waals surface area contributed by atoms with Gasteiger partial charge in [-0.3, -0.25) is 4.57 Å². The average Bonchev–Trinajstić information content (AvgIpc) is 3.44. The summed E-state index contributed by atoms with van der Waals surface area (Å²) >= 11 is 1.67. The number of nitrogens with one attached hydrogen (secondary N) is 1. The molecule has 0 bridgehead atoms. The predicted molar refractivity (Wildman–Crippen MR) is 114 cm³/mol. The fourth-order valence-corrected chi connectivity index (χ4v) is 5.41. The normalized spacial score (nSPS) is 15.4. The Hall–Kier alpha value is -3.16. The molecule has 1 aliphatic heterocycles. The number of benzene rings is 1. The lowest BCUT2D eigenvalue weighted by Gasteiger charge is -2.27. The number of hydrogen-bond donors (Lipinski definition) is 1. The molecule has 5 heterocycles. The van der Waals surface area contributed by atoms with E-state index in [4.69, 9.17) is 19.1 Å². The molecule has 0 spiro atoms. The van der Waals surface area contributed by atoms with Gasteiger partial charge in [0.15, 0.2) is 12.0 Å². The van der Waals surface area contributed by atoms with Crippen molar-refractivity contribution >= 4 is 38.3 Å². The van der Waals surface area contributed by atoms with Gasteiger partial charge in [-0.15, -0.1) is 11.3 Å². The minimum atomic E-state index is -0.186. The Kier molecular flexibility index (Phi) is 3.57. The topological polar surface area (TPSA) is 65.1 Å². The highest BCUT2D eigenvalue weighted by Crippen LogP contribution is 2.49.